The van der Waals surface area contributed by atoms with Crippen molar-refractivity contribution in [2.75, 3.05) is 0 Å². The van der Waals surface area contributed by atoms with Crippen molar-refractivity contribution in [3.63, 3.8) is 0 Å². The number of H-pyrrole nitrogens is 1. The predicted molar refractivity (Wildman–Crippen MR) is 146 cm³/mol. The Morgan fingerprint density at radius 1 is 0.788 bits per heavy atom. The summed E-state index contributed by atoms with van der Waals surface area (Å²) in [5.74, 6) is 1.38. The molecule has 2 aliphatic rings. The molecule has 1 heterocycles. The van der Waals surface area contributed by atoms with Crippen LogP contribution in [0.3, 0.4) is 0 Å². The SMILES string of the molecule is C.CC.CC.CC(C)C1=CCC(=O)C2=C1CCCC2.CC(C)c1c[nH]c(=O)c2ccccc12. The first-order valence-corrected chi connectivity index (χ1v) is 12.5. The maximum Gasteiger partial charge on any atom is 0.255 e. The van der Waals surface area contributed by atoms with Crippen LogP contribution in [0.1, 0.15) is 106 Å². The summed E-state index contributed by atoms with van der Waals surface area (Å²) in [4.78, 5) is 26.0. The number of rotatable bonds is 2. The number of aromatic amines is 1. The lowest BCUT2D eigenvalue weighted by Gasteiger charge is -2.27. The van der Waals surface area contributed by atoms with Crippen LogP contribution in [-0.2, 0) is 4.79 Å². The third-order valence-corrected chi connectivity index (χ3v) is 5.75. The minimum Gasteiger partial charge on any atom is -0.328 e. The minimum absolute atomic E-state index is 0. The lowest BCUT2D eigenvalue weighted by molar-refractivity contribution is -0.115. The third-order valence-electron chi connectivity index (χ3n) is 5.75. The fourth-order valence-electron chi connectivity index (χ4n) is 4.27. The van der Waals surface area contributed by atoms with Gasteiger partial charge in [-0.2, -0.15) is 0 Å². The van der Waals surface area contributed by atoms with Crippen LogP contribution in [0.4, 0.5) is 0 Å². The van der Waals surface area contributed by atoms with E-state index in [0.29, 0.717) is 24.0 Å². The van der Waals surface area contributed by atoms with E-state index in [2.05, 4.69) is 38.8 Å². The molecule has 33 heavy (non-hydrogen) atoms. The molecule has 3 heteroatoms. The lowest BCUT2D eigenvalue weighted by atomic mass is 9.77. The van der Waals surface area contributed by atoms with Crippen molar-refractivity contribution >= 4 is 16.6 Å². The second-order valence-corrected chi connectivity index (χ2v) is 8.38. The molecule has 1 aromatic heterocycles. The molecule has 0 radical (unpaired) electrons. The van der Waals surface area contributed by atoms with Gasteiger partial charge >= 0.3 is 0 Å². The highest BCUT2D eigenvalue weighted by molar-refractivity contribution is 5.99. The van der Waals surface area contributed by atoms with Gasteiger partial charge in [-0.1, -0.05) is 87.1 Å². The Morgan fingerprint density at radius 2 is 1.33 bits per heavy atom. The van der Waals surface area contributed by atoms with E-state index in [1.165, 1.54) is 29.6 Å². The van der Waals surface area contributed by atoms with Gasteiger partial charge in [-0.3, -0.25) is 9.59 Å². The molecule has 2 aliphatic carbocycles. The topological polar surface area (TPSA) is 49.9 Å². The molecule has 0 spiro atoms. The molecule has 1 N–H and O–H groups in total. The van der Waals surface area contributed by atoms with Gasteiger partial charge in [0.25, 0.3) is 5.56 Å². The maximum absolute atomic E-state index is 11.7. The van der Waals surface area contributed by atoms with Gasteiger partial charge in [0.2, 0.25) is 0 Å². The number of ketones is 1. The molecule has 0 atom stereocenters. The number of carbonyl (C=O) groups excluding carboxylic acids is 1. The standard InChI is InChI=1S/C13H18O.C12H13NO.2C2H6.CH4/c1-9(2)10-7-8-13(14)12-6-4-3-5-11(10)12;1-8(2)11-7-13-12(14)10-6-4-3-5-9(10)11;2*1-2;/h7,9H,3-6,8H2,1-2H3;3-8H,1-2H3,(H,13,14);2*1-2H3;1H4. The Bertz CT molecular complexity index is 990. The summed E-state index contributed by atoms with van der Waals surface area (Å²) >= 11 is 0. The van der Waals surface area contributed by atoms with Gasteiger partial charge in [0.1, 0.15) is 0 Å². The number of aromatic nitrogens is 1. The zero-order valence-corrected chi connectivity index (χ0v) is 21.5. The van der Waals surface area contributed by atoms with Gasteiger partial charge < -0.3 is 4.98 Å². The smallest absolute Gasteiger partial charge is 0.255 e. The Kier molecular flexibility index (Phi) is 14.3. The van der Waals surface area contributed by atoms with Gasteiger partial charge in [0.15, 0.2) is 5.78 Å². The Balaban J connectivity index is 0.000000526. The third kappa shape index (κ3) is 7.84. The molecule has 0 unspecified atom stereocenters. The summed E-state index contributed by atoms with van der Waals surface area (Å²) in [5, 5.41) is 1.84. The van der Waals surface area contributed by atoms with E-state index < -0.39 is 0 Å². The Labute approximate surface area is 202 Å². The molecule has 0 fully saturated rings. The average molecular weight is 454 g/mol. The summed E-state index contributed by atoms with van der Waals surface area (Å²) in [6.45, 7) is 16.7. The fraction of sp³-hybridized carbons (Fsp3) is 0.533. The number of Topliss-reactive ketones (excluding diaryl/α,β-unsaturated/α-hetero) is 1. The van der Waals surface area contributed by atoms with Crippen molar-refractivity contribution < 1.29 is 4.79 Å². The van der Waals surface area contributed by atoms with Crippen LogP contribution in [0.5, 0.6) is 0 Å². The predicted octanol–water partition coefficient (Wildman–Crippen LogP) is 8.75. The summed E-state index contributed by atoms with van der Waals surface area (Å²) in [5.41, 5.74) is 5.18. The molecule has 0 amide bonds. The summed E-state index contributed by atoms with van der Waals surface area (Å²) in [7, 11) is 0. The molecule has 2 aromatic rings. The lowest BCUT2D eigenvalue weighted by Crippen LogP contribution is -2.17. The molecule has 0 bridgehead atoms. The van der Waals surface area contributed by atoms with Gasteiger partial charge in [-0.15, -0.1) is 0 Å². The van der Waals surface area contributed by atoms with Crippen molar-refractivity contribution in [3.05, 3.63) is 69.2 Å². The first-order valence-electron chi connectivity index (χ1n) is 12.5. The van der Waals surface area contributed by atoms with Crippen LogP contribution in [0.2, 0.25) is 0 Å². The molecular formula is C30H47NO2. The molecule has 3 nitrogen and oxygen atoms in total. The second-order valence-electron chi connectivity index (χ2n) is 8.38. The van der Waals surface area contributed by atoms with Crippen LogP contribution >= 0.6 is 0 Å². The number of allylic oxidation sites excluding steroid dienone is 4. The van der Waals surface area contributed by atoms with E-state index in [9.17, 15) is 9.59 Å². The number of hydrogen-bond acceptors (Lipinski definition) is 2. The molecular weight excluding hydrogens is 406 g/mol. The number of carbonyl (C=O) groups is 1. The van der Waals surface area contributed by atoms with Crippen LogP contribution in [0.25, 0.3) is 10.8 Å². The van der Waals surface area contributed by atoms with Gasteiger partial charge in [-0.25, -0.2) is 0 Å². The quantitative estimate of drug-likeness (QED) is 0.494. The first kappa shape index (κ1) is 30.6. The molecule has 0 aliphatic heterocycles. The maximum atomic E-state index is 11.7. The monoisotopic (exact) mass is 453 g/mol. The summed E-state index contributed by atoms with van der Waals surface area (Å²) in [6, 6.07) is 7.72. The van der Waals surface area contributed by atoms with Crippen LogP contribution in [0, 0.1) is 5.92 Å². The van der Waals surface area contributed by atoms with E-state index in [4.69, 9.17) is 0 Å². The highest BCUT2D eigenvalue weighted by Crippen LogP contribution is 2.37. The molecule has 0 saturated heterocycles. The highest BCUT2D eigenvalue weighted by Gasteiger charge is 2.25. The minimum atomic E-state index is -0.00926. The Hall–Kier alpha value is -2.42. The largest absolute Gasteiger partial charge is 0.328 e. The number of hydrogen-bond donors (Lipinski definition) is 1. The van der Waals surface area contributed by atoms with Crippen molar-refractivity contribution in [1.82, 2.24) is 4.98 Å². The summed E-state index contributed by atoms with van der Waals surface area (Å²) < 4.78 is 0. The zero-order valence-electron chi connectivity index (χ0n) is 21.5. The number of benzene rings is 1. The molecule has 0 saturated carbocycles. The highest BCUT2D eigenvalue weighted by atomic mass is 16.1. The van der Waals surface area contributed by atoms with Crippen molar-refractivity contribution in [3.8, 4) is 0 Å². The molecule has 1 aromatic carbocycles. The Morgan fingerprint density at radius 3 is 1.88 bits per heavy atom. The van der Waals surface area contributed by atoms with Gasteiger partial charge in [0.05, 0.1) is 0 Å². The van der Waals surface area contributed by atoms with Gasteiger partial charge in [-0.05, 0) is 71.3 Å². The van der Waals surface area contributed by atoms with E-state index in [1.54, 1.807) is 0 Å². The van der Waals surface area contributed by atoms with Crippen LogP contribution < -0.4 is 5.56 Å². The van der Waals surface area contributed by atoms with Crippen LogP contribution in [0.15, 0.2) is 58.1 Å². The van der Waals surface area contributed by atoms with Crippen molar-refractivity contribution in [2.24, 2.45) is 5.92 Å². The fourth-order valence-corrected chi connectivity index (χ4v) is 4.27. The van der Waals surface area contributed by atoms with Crippen molar-refractivity contribution in [2.45, 2.75) is 101 Å². The van der Waals surface area contributed by atoms with Crippen molar-refractivity contribution in [1.29, 1.82) is 0 Å². The average Bonchev–Trinajstić information content (AvgIpc) is 2.82. The van der Waals surface area contributed by atoms with E-state index in [0.717, 1.165) is 29.2 Å². The van der Waals surface area contributed by atoms with E-state index in [-0.39, 0.29) is 13.0 Å². The number of fused-ring (bicyclic) bond motifs is 1. The second kappa shape index (κ2) is 15.4. The molecule has 4 rings (SSSR count). The van der Waals surface area contributed by atoms with E-state index >= 15 is 0 Å². The normalized spacial score (nSPS) is 14.6. The van der Waals surface area contributed by atoms with E-state index in [1.807, 2.05) is 58.2 Å². The first-order chi connectivity index (χ1) is 15.4. The van der Waals surface area contributed by atoms with Gasteiger partial charge in [0, 0.05) is 18.0 Å². The number of nitrogens with one attached hydrogen (secondary N) is 1. The van der Waals surface area contributed by atoms with Crippen LogP contribution in [-0.4, -0.2) is 10.8 Å². The zero-order chi connectivity index (χ0) is 24.3. The number of pyridine rings is 1. The molecule has 184 valence electrons. The summed E-state index contributed by atoms with van der Waals surface area (Å²) in [6.07, 6.45) is 9.23.